The number of nitrogens with two attached hydrogens (primary N) is 1. The summed E-state index contributed by atoms with van der Waals surface area (Å²) in [5.41, 5.74) is 5.47. The van der Waals surface area contributed by atoms with E-state index in [0.717, 1.165) is 12.1 Å². The van der Waals surface area contributed by atoms with E-state index in [1.807, 2.05) is 0 Å². The van der Waals surface area contributed by atoms with Gasteiger partial charge in [0.2, 0.25) is 0 Å². The van der Waals surface area contributed by atoms with Gasteiger partial charge < -0.3 is 5.73 Å². The van der Waals surface area contributed by atoms with Gasteiger partial charge in [-0.05, 0) is 12.1 Å². The zero-order valence-electron chi connectivity index (χ0n) is 7.31. The fraction of sp³-hybridized carbons (Fsp3) is 0.111. The van der Waals surface area contributed by atoms with Gasteiger partial charge in [-0.2, -0.15) is 0 Å². The molecule has 1 rings (SSSR count). The fourth-order valence-electron chi connectivity index (χ4n) is 1.08. The monoisotopic (exact) mass is 196 g/mol. The van der Waals surface area contributed by atoms with Crippen molar-refractivity contribution in [2.75, 3.05) is 0 Å². The molecule has 0 radical (unpaired) electrons. The number of rotatable bonds is 3. The molecule has 14 heavy (non-hydrogen) atoms. The number of halogens is 1. The molecular weight excluding hydrogens is 187 g/mol. The summed E-state index contributed by atoms with van der Waals surface area (Å²) in [6, 6.07) is 2.61. The number of benzene rings is 1. The standard InChI is InChI=1S/C9H9FN2O2/c1-2-8(11)7-4-3-6(10)5-9(7)12(13)14/h2-5,8H,1,11H2/t8-/m0/s1. The van der Waals surface area contributed by atoms with Crippen LogP contribution < -0.4 is 5.73 Å². The summed E-state index contributed by atoms with van der Waals surface area (Å²) < 4.78 is 12.7. The largest absolute Gasteiger partial charge is 0.321 e. The zero-order valence-corrected chi connectivity index (χ0v) is 7.31. The van der Waals surface area contributed by atoms with Crippen molar-refractivity contribution in [2.45, 2.75) is 6.04 Å². The summed E-state index contributed by atoms with van der Waals surface area (Å²) in [6.07, 6.45) is 1.36. The lowest BCUT2D eigenvalue weighted by Gasteiger charge is -2.06. The lowest BCUT2D eigenvalue weighted by Crippen LogP contribution is -2.09. The smallest absolute Gasteiger partial charge is 0.277 e. The third-order valence-electron chi connectivity index (χ3n) is 1.80. The predicted molar refractivity (Wildman–Crippen MR) is 50.2 cm³/mol. The van der Waals surface area contributed by atoms with E-state index in [2.05, 4.69) is 6.58 Å². The van der Waals surface area contributed by atoms with Gasteiger partial charge in [0.05, 0.1) is 22.6 Å². The second kappa shape index (κ2) is 3.97. The minimum absolute atomic E-state index is 0.256. The van der Waals surface area contributed by atoms with Crippen molar-refractivity contribution in [3.05, 3.63) is 52.3 Å². The zero-order chi connectivity index (χ0) is 10.7. The van der Waals surface area contributed by atoms with Gasteiger partial charge in [0.25, 0.3) is 5.69 Å². The van der Waals surface area contributed by atoms with Crippen molar-refractivity contribution in [3.63, 3.8) is 0 Å². The van der Waals surface area contributed by atoms with Gasteiger partial charge in [-0.1, -0.05) is 6.08 Å². The van der Waals surface area contributed by atoms with E-state index in [0.29, 0.717) is 0 Å². The molecule has 0 aliphatic heterocycles. The van der Waals surface area contributed by atoms with Gasteiger partial charge in [-0.25, -0.2) is 4.39 Å². The predicted octanol–water partition coefficient (Wildman–Crippen LogP) is 1.92. The molecule has 1 aromatic carbocycles. The Balaban J connectivity index is 3.28. The third-order valence-corrected chi connectivity index (χ3v) is 1.80. The van der Waals surface area contributed by atoms with Gasteiger partial charge in [-0.15, -0.1) is 6.58 Å². The number of nitrogens with zero attached hydrogens (tertiary/aromatic N) is 1. The molecule has 0 aliphatic carbocycles. The molecule has 0 spiro atoms. The summed E-state index contributed by atoms with van der Waals surface area (Å²) in [5.74, 6) is -0.656. The average Bonchev–Trinajstić information content (AvgIpc) is 2.16. The Morgan fingerprint density at radius 2 is 2.29 bits per heavy atom. The molecular formula is C9H9FN2O2. The first-order valence-electron chi connectivity index (χ1n) is 3.88. The summed E-state index contributed by atoms with van der Waals surface area (Å²) in [7, 11) is 0. The first-order chi connectivity index (χ1) is 6.56. The maximum Gasteiger partial charge on any atom is 0.277 e. The van der Waals surface area contributed by atoms with Gasteiger partial charge >= 0.3 is 0 Å². The van der Waals surface area contributed by atoms with Crippen LogP contribution in [0.3, 0.4) is 0 Å². The van der Waals surface area contributed by atoms with Gasteiger partial charge in [0, 0.05) is 0 Å². The van der Waals surface area contributed by atoms with Crippen molar-refractivity contribution in [1.29, 1.82) is 0 Å². The number of hydrogen-bond donors (Lipinski definition) is 1. The second-order valence-corrected chi connectivity index (χ2v) is 2.72. The molecule has 1 aromatic rings. The summed E-state index contributed by atoms with van der Waals surface area (Å²) in [5, 5.41) is 10.5. The Morgan fingerprint density at radius 1 is 1.64 bits per heavy atom. The molecule has 5 heteroatoms. The Morgan fingerprint density at radius 3 is 2.79 bits per heavy atom. The second-order valence-electron chi connectivity index (χ2n) is 2.72. The minimum atomic E-state index is -0.665. The fourth-order valence-corrected chi connectivity index (χ4v) is 1.08. The van der Waals surface area contributed by atoms with Crippen LogP contribution in [0.1, 0.15) is 11.6 Å². The molecule has 0 saturated heterocycles. The summed E-state index contributed by atoms with van der Waals surface area (Å²) in [4.78, 5) is 9.88. The van der Waals surface area contributed by atoms with Crippen LogP contribution in [0.2, 0.25) is 0 Å². The molecule has 0 unspecified atom stereocenters. The van der Waals surface area contributed by atoms with E-state index in [-0.39, 0.29) is 11.3 Å². The molecule has 2 N–H and O–H groups in total. The Kier molecular flexibility index (Phi) is 2.93. The SMILES string of the molecule is C=C[C@H](N)c1ccc(F)cc1[N+](=O)[O-]. The van der Waals surface area contributed by atoms with Crippen molar-refractivity contribution in [3.8, 4) is 0 Å². The van der Waals surface area contributed by atoms with Gasteiger partial charge in [-0.3, -0.25) is 10.1 Å². The van der Waals surface area contributed by atoms with Crippen LogP contribution in [-0.4, -0.2) is 4.92 Å². The normalized spacial score (nSPS) is 12.1. The highest BCUT2D eigenvalue weighted by Crippen LogP contribution is 2.24. The van der Waals surface area contributed by atoms with Crippen molar-refractivity contribution in [1.82, 2.24) is 0 Å². The topological polar surface area (TPSA) is 69.2 Å². The maximum absolute atomic E-state index is 12.7. The van der Waals surface area contributed by atoms with Crippen LogP contribution in [0.4, 0.5) is 10.1 Å². The highest BCUT2D eigenvalue weighted by atomic mass is 19.1. The molecule has 74 valence electrons. The molecule has 0 heterocycles. The summed E-state index contributed by atoms with van der Waals surface area (Å²) in [6.45, 7) is 3.42. The average molecular weight is 196 g/mol. The molecule has 0 fully saturated rings. The third kappa shape index (κ3) is 1.94. The molecule has 1 atom stereocenters. The Bertz CT molecular complexity index is 379. The van der Waals surface area contributed by atoms with E-state index in [4.69, 9.17) is 5.73 Å². The quantitative estimate of drug-likeness (QED) is 0.456. The Labute approximate surface area is 80.0 Å². The van der Waals surface area contributed by atoms with Crippen LogP contribution in [0, 0.1) is 15.9 Å². The minimum Gasteiger partial charge on any atom is -0.321 e. The van der Waals surface area contributed by atoms with E-state index in [1.54, 1.807) is 0 Å². The van der Waals surface area contributed by atoms with E-state index in [9.17, 15) is 14.5 Å². The number of nitro benzene ring substituents is 1. The molecule has 0 saturated carbocycles. The molecule has 0 aliphatic rings. The van der Waals surface area contributed by atoms with Crippen LogP contribution in [0.25, 0.3) is 0 Å². The van der Waals surface area contributed by atoms with E-state index >= 15 is 0 Å². The summed E-state index contributed by atoms with van der Waals surface area (Å²) >= 11 is 0. The number of nitro groups is 1. The maximum atomic E-state index is 12.7. The molecule has 4 nitrogen and oxygen atoms in total. The lowest BCUT2D eigenvalue weighted by molar-refractivity contribution is -0.385. The Hall–Kier alpha value is -1.75. The highest BCUT2D eigenvalue weighted by molar-refractivity contribution is 5.43. The van der Waals surface area contributed by atoms with Crippen LogP contribution in [0.5, 0.6) is 0 Å². The number of hydrogen-bond acceptors (Lipinski definition) is 3. The van der Waals surface area contributed by atoms with Gasteiger partial charge in [0.15, 0.2) is 0 Å². The van der Waals surface area contributed by atoms with E-state index < -0.39 is 16.8 Å². The molecule has 0 amide bonds. The van der Waals surface area contributed by atoms with E-state index in [1.165, 1.54) is 12.1 Å². The molecule has 0 bridgehead atoms. The lowest BCUT2D eigenvalue weighted by atomic mass is 10.1. The first kappa shape index (κ1) is 10.3. The van der Waals surface area contributed by atoms with Crippen molar-refractivity contribution in [2.24, 2.45) is 5.73 Å². The van der Waals surface area contributed by atoms with Crippen molar-refractivity contribution >= 4 is 5.69 Å². The molecule has 0 aromatic heterocycles. The van der Waals surface area contributed by atoms with Crippen LogP contribution in [0.15, 0.2) is 30.9 Å². The van der Waals surface area contributed by atoms with Crippen LogP contribution in [-0.2, 0) is 0 Å². The van der Waals surface area contributed by atoms with Gasteiger partial charge in [0.1, 0.15) is 5.82 Å². The van der Waals surface area contributed by atoms with Crippen molar-refractivity contribution < 1.29 is 9.31 Å². The highest BCUT2D eigenvalue weighted by Gasteiger charge is 2.17. The first-order valence-corrected chi connectivity index (χ1v) is 3.88. The van der Waals surface area contributed by atoms with Crippen LogP contribution >= 0.6 is 0 Å².